The molecule has 0 fully saturated rings. The van der Waals surface area contributed by atoms with Gasteiger partial charge < -0.3 is 20.1 Å². The molecule has 134 valence electrons. The first kappa shape index (κ1) is 18.8. The predicted molar refractivity (Wildman–Crippen MR) is 95.0 cm³/mol. The van der Waals surface area contributed by atoms with E-state index in [4.69, 9.17) is 4.74 Å². The molecule has 2 rings (SSSR count). The van der Waals surface area contributed by atoms with E-state index in [1.165, 1.54) is 7.11 Å². The number of aromatic hydroxyl groups is 2. The Morgan fingerprint density at radius 1 is 1.04 bits per heavy atom. The molecule has 1 atom stereocenters. The zero-order valence-corrected chi connectivity index (χ0v) is 14.3. The number of ether oxygens (including phenoxy) is 1. The standard InChI is InChI=1S/C20H24O5/c1-25-20-12-15(6-11-19(20)24)5-10-18(23)13-17(22)9-4-14-2-7-16(21)8-3-14/h2-3,6-8,11-12,18,21,23-24H,4-5,9-10,13H2,1H3/t18-/m0/s1. The number of benzene rings is 2. The van der Waals surface area contributed by atoms with Gasteiger partial charge in [0.25, 0.3) is 0 Å². The molecule has 0 aliphatic rings. The number of Topliss-reactive ketones (excluding diaryl/α,β-unsaturated/α-hetero) is 1. The molecule has 0 saturated carbocycles. The molecule has 0 bridgehead atoms. The lowest BCUT2D eigenvalue weighted by Gasteiger charge is -2.11. The number of aliphatic hydroxyl groups is 1. The van der Waals surface area contributed by atoms with Gasteiger partial charge in [0.2, 0.25) is 0 Å². The SMILES string of the molecule is COc1cc(CC[C@H](O)CC(=O)CCc2ccc(O)cc2)ccc1O. The summed E-state index contributed by atoms with van der Waals surface area (Å²) in [4.78, 5) is 12.0. The van der Waals surface area contributed by atoms with Crippen LogP contribution in [0.1, 0.15) is 30.4 Å². The molecule has 5 nitrogen and oxygen atoms in total. The van der Waals surface area contributed by atoms with Crippen molar-refractivity contribution in [2.45, 2.75) is 38.2 Å². The maximum Gasteiger partial charge on any atom is 0.160 e. The summed E-state index contributed by atoms with van der Waals surface area (Å²) in [6, 6.07) is 11.8. The quantitative estimate of drug-likeness (QED) is 0.651. The third kappa shape index (κ3) is 6.12. The fraction of sp³-hybridized carbons (Fsp3) is 0.350. The lowest BCUT2D eigenvalue weighted by Crippen LogP contribution is -2.15. The van der Waals surface area contributed by atoms with Gasteiger partial charge in [-0.3, -0.25) is 4.79 Å². The third-order valence-corrected chi connectivity index (χ3v) is 4.10. The molecule has 0 saturated heterocycles. The van der Waals surface area contributed by atoms with Crippen LogP contribution in [0, 0.1) is 0 Å². The summed E-state index contributed by atoms with van der Waals surface area (Å²) < 4.78 is 5.06. The van der Waals surface area contributed by atoms with Crippen molar-refractivity contribution in [1.29, 1.82) is 0 Å². The van der Waals surface area contributed by atoms with Crippen LogP contribution < -0.4 is 4.74 Å². The van der Waals surface area contributed by atoms with Gasteiger partial charge in [-0.25, -0.2) is 0 Å². The Bertz CT molecular complexity index is 694. The van der Waals surface area contributed by atoms with Crippen molar-refractivity contribution >= 4 is 5.78 Å². The lowest BCUT2D eigenvalue weighted by molar-refractivity contribution is -0.120. The molecule has 2 aromatic rings. The summed E-state index contributed by atoms with van der Waals surface area (Å²) in [5.41, 5.74) is 1.92. The Balaban J connectivity index is 1.74. The number of rotatable bonds is 9. The van der Waals surface area contributed by atoms with E-state index < -0.39 is 6.10 Å². The monoisotopic (exact) mass is 344 g/mol. The number of carbonyl (C=O) groups is 1. The number of carbonyl (C=O) groups excluding carboxylic acids is 1. The molecule has 0 heterocycles. The van der Waals surface area contributed by atoms with Gasteiger partial charge in [-0.15, -0.1) is 0 Å². The van der Waals surface area contributed by atoms with Crippen LogP contribution in [0.2, 0.25) is 0 Å². The molecule has 3 N–H and O–H groups in total. The second kappa shape index (κ2) is 9.08. The summed E-state index contributed by atoms with van der Waals surface area (Å²) >= 11 is 0. The van der Waals surface area contributed by atoms with E-state index in [2.05, 4.69) is 0 Å². The van der Waals surface area contributed by atoms with E-state index in [-0.39, 0.29) is 23.7 Å². The molecule has 5 heteroatoms. The van der Waals surface area contributed by atoms with E-state index in [1.54, 1.807) is 42.5 Å². The number of aryl methyl sites for hydroxylation is 2. The molecular formula is C20H24O5. The molecule has 0 unspecified atom stereocenters. The fourth-order valence-corrected chi connectivity index (χ4v) is 2.62. The maximum atomic E-state index is 12.0. The number of hydrogen-bond acceptors (Lipinski definition) is 5. The Labute approximate surface area is 147 Å². The van der Waals surface area contributed by atoms with Crippen LogP contribution in [-0.2, 0) is 17.6 Å². The van der Waals surface area contributed by atoms with Gasteiger partial charge in [0.05, 0.1) is 13.2 Å². The predicted octanol–water partition coefficient (Wildman–Crippen LogP) is 2.99. The maximum absolute atomic E-state index is 12.0. The number of phenolic OH excluding ortho intramolecular Hbond substituents is 2. The smallest absolute Gasteiger partial charge is 0.160 e. The Kier molecular flexibility index (Phi) is 6.83. The molecule has 0 amide bonds. The van der Waals surface area contributed by atoms with E-state index in [0.717, 1.165) is 11.1 Å². The number of phenols is 2. The third-order valence-electron chi connectivity index (χ3n) is 4.10. The highest BCUT2D eigenvalue weighted by molar-refractivity contribution is 5.79. The van der Waals surface area contributed by atoms with Gasteiger partial charge in [0.15, 0.2) is 11.5 Å². The second-order valence-corrected chi connectivity index (χ2v) is 6.11. The summed E-state index contributed by atoms with van der Waals surface area (Å²) in [7, 11) is 1.49. The van der Waals surface area contributed by atoms with Gasteiger partial charge in [-0.1, -0.05) is 18.2 Å². The highest BCUT2D eigenvalue weighted by Crippen LogP contribution is 2.27. The summed E-state index contributed by atoms with van der Waals surface area (Å²) in [6.45, 7) is 0. The minimum atomic E-state index is -0.688. The minimum absolute atomic E-state index is 0.0175. The van der Waals surface area contributed by atoms with Crippen LogP contribution in [0.25, 0.3) is 0 Å². The molecule has 0 aliphatic heterocycles. The minimum Gasteiger partial charge on any atom is -0.508 e. The molecule has 0 spiro atoms. The largest absolute Gasteiger partial charge is 0.508 e. The molecule has 0 aliphatic carbocycles. The van der Waals surface area contributed by atoms with Crippen molar-refractivity contribution in [3.8, 4) is 17.2 Å². The molecular weight excluding hydrogens is 320 g/mol. The van der Waals surface area contributed by atoms with Crippen LogP contribution in [-0.4, -0.2) is 34.3 Å². The van der Waals surface area contributed by atoms with E-state index in [0.29, 0.717) is 31.4 Å². The summed E-state index contributed by atoms with van der Waals surface area (Å²) in [5.74, 6) is 0.702. The van der Waals surface area contributed by atoms with Crippen molar-refractivity contribution in [2.75, 3.05) is 7.11 Å². The highest BCUT2D eigenvalue weighted by Gasteiger charge is 2.12. The first-order valence-corrected chi connectivity index (χ1v) is 8.31. The van der Waals surface area contributed by atoms with Gasteiger partial charge in [0, 0.05) is 12.8 Å². The Morgan fingerprint density at radius 3 is 2.40 bits per heavy atom. The lowest BCUT2D eigenvalue weighted by atomic mass is 10.00. The Hall–Kier alpha value is -2.53. The van der Waals surface area contributed by atoms with Crippen LogP contribution >= 0.6 is 0 Å². The Morgan fingerprint density at radius 2 is 1.72 bits per heavy atom. The van der Waals surface area contributed by atoms with Crippen molar-refractivity contribution < 1.29 is 24.9 Å². The van der Waals surface area contributed by atoms with Gasteiger partial charge in [-0.2, -0.15) is 0 Å². The van der Waals surface area contributed by atoms with Crippen LogP contribution in [0.5, 0.6) is 17.2 Å². The number of ketones is 1. The number of aliphatic hydroxyl groups excluding tert-OH is 1. The van der Waals surface area contributed by atoms with E-state index in [1.807, 2.05) is 0 Å². The normalized spacial score (nSPS) is 11.9. The average Bonchev–Trinajstić information content (AvgIpc) is 2.60. The van der Waals surface area contributed by atoms with Crippen molar-refractivity contribution in [3.05, 3.63) is 53.6 Å². The summed E-state index contributed by atoms with van der Waals surface area (Å²) in [5, 5.41) is 28.9. The number of methoxy groups -OCH3 is 1. The van der Waals surface area contributed by atoms with Gasteiger partial charge >= 0.3 is 0 Å². The van der Waals surface area contributed by atoms with Crippen LogP contribution in [0.15, 0.2) is 42.5 Å². The second-order valence-electron chi connectivity index (χ2n) is 6.11. The topological polar surface area (TPSA) is 87.0 Å². The number of hydrogen-bond donors (Lipinski definition) is 3. The summed E-state index contributed by atoms with van der Waals surface area (Å²) in [6.07, 6.45) is 1.48. The zero-order valence-electron chi connectivity index (χ0n) is 14.3. The fourth-order valence-electron chi connectivity index (χ4n) is 2.62. The molecule has 0 radical (unpaired) electrons. The van der Waals surface area contributed by atoms with Crippen LogP contribution in [0.3, 0.4) is 0 Å². The van der Waals surface area contributed by atoms with Gasteiger partial charge in [-0.05, 0) is 54.7 Å². The van der Waals surface area contributed by atoms with Crippen LogP contribution in [0.4, 0.5) is 0 Å². The van der Waals surface area contributed by atoms with Crippen molar-refractivity contribution in [1.82, 2.24) is 0 Å². The molecule has 25 heavy (non-hydrogen) atoms. The van der Waals surface area contributed by atoms with Gasteiger partial charge in [0.1, 0.15) is 11.5 Å². The van der Waals surface area contributed by atoms with E-state index in [9.17, 15) is 20.1 Å². The molecule has 0 aromatic heterocycles. The van der Waals surface area contributed by atoms with Crippen molar-refractivity contribution in [2.24, 2.45) is 0 Å². The van der Waals surface area contributed by atoms with E-state index >= 15 is 0 Å². The first-order valence-electron chi connectivity index (χ1n) is 8.31. The first-order chi connectivity index (χ1) is 12.0. The van der Waals surface area contributed by atoms with Crippen molar-refractivity contribution in [3.63, 3.8) is 0 Å². The highest BCUT2D eigenvalue weighted by atomic mass is 16.5. The molecule has 2 aromatic carbocycles. The average molecular weight is 344 g/mol. The zero-order chi connectivity index (χ0) is 18.2.